The van der Waals surface area contributed by atoms with Crippen molar-refractivity contribution < 1.29 is 9.90 Å². The lowest BCUT2D eigenvalue weighted by molar-refractivity contribution is -0.123. The number of rotatable bonds is 4. The van der Waals surface area contributed by atoms with Crippen molar-refractivity contribution >= 4 is 5.91 Å². The summed E-state index contributed by atoms with van der Waals surface area (Å²) in [6, 6.07) is 6.33. The minimum Gasteiger partial charge on any atom is -0.393 e. The molecule has 0 aliphatic carbocycles. The van der Waals surface area contributed by atoms with E-state index in [1.165, 1.54) is 11.1 Å². The van der Waals surface area contributed by atoms with Gasteiger partial charge in [-0.1, -0.05) is 18.2 Å². The van der Waals surface area contributed by atoms with Crippen molar-refractivity contribution in [3.8, 4) is 0 Å². The molecule has 1 heterocycles. The molecule has 1 aliphatic rings. The van der Waals surface area contributed by atoms with E-state index < -0.39 is 0 Å². The molecule has 0 saturated carbocycles. The number of likely N-dealkylation sites (tertiary alicyclic amines) is 1. The van der Waals surface area contributed by atoms with E-state index in [-0.39, 0.29) is 18.1 Å². The molecule has 2 rings (SSSR count). The second kappa shape index (κ2) is 7.05. The topological polar surface area (TPSA) is 52.6 Å². The van der Waals surface area contributed by atoms with Gasteiger partial charge in [0.2, 0.25) is 5.91 Å². The van der Waals surface area contributed by atoms with E-state index in [0.717, 1.165) is 31.5 Å². The highest BCUT2D eigenvalue weighted by Gasteiger charge is 2.19. The van der Waals surface area contributed by atoms with Gasteiger partial charge >= 0.3 is 0 Å². The number of hydrogen-bond donors (Lipinski definition) is 2. The zero-order valence-corrected chi connectivity index (χ0v) is 13.2. The van der Waals surface area contributed by atoms with Gasteiger partial charge < -0.3 is 10.4 Å². The van der Waals surface area contributed by atoms with Gasteiger partial charge in [0, 0.05) is 13.1 Å². The van der Waals surface area contributed by atoms with Gasteiger partial charge in [-0.25, -0.2) is 0 Å². The van der Waals surface area contributed by atoms with Crippen molar-refractivity contribution in [3.05, 3.63) is 34.9 Å². The van der Waals surface area contributed by atoms with E-state index in [1.807, 2.05) is 6.92 Å². The SMILES string of the molecule is Cc1ccc([C@@H](C)NC(=O)CN2CCC(O)CC2)cc1C. The third kappa shape index (κ3) is 4.55. The molecule has 1 aromatic rings. The number of nitrogens with zero attached hydrogens (tertiary/aromatic N) is 1. The van der Waals surface area contributed by atoms with Crippen LogP contribution in [0.5, 0.6) is 0 Å². The lowest BCUT2D eigenvalue weighted by Gasteiger charge is -2.29. The molecule has 1 fully saturated rings. The van der Waals surface area contributed by atoms with Crippen LogP contribution in [0.4, 0.5) is 0 Å². The largest absolute Gasteiger partial charge is 0.393 e. The Morgan fingerprint density at radius 2 is 2.00 bits per heavy atom. The van der Waals surface area contributed by atoms with E-state index >= 15 is 0 Å². The van der Waals surface area contributed by atoms with Crippen molar-refractivity contribution in [2.45, 2.75) is 45.8 Å². The number of amides is 1. The minimum absolute atomic E-state index is 0.0205. The molecule has 1 atom stereocenters. The second-order valence-corrected chi connectivity index (χ2v) is 6.14. The Labute approximate surface area is 127 Å². The number of aliphatic hydroxyl groups excluding tert-OH is 1. The first-order valence-corrected chi connectivity index (χ1v) is 7.72. The monoisotopic (exact) mass is 290 g/mol. The maximum Gasteiger partial charge on any atom is 0.234 e. The Morgan fingerprint density at radius 1 is 1.33 bits per heavy atom. The number of benzene rings is 1. The molecular formula is C17H26N2O2. The standard InChI is InChI=1S/C17H26N2O2/c1-12-4-5-15(10-13(12)2)14(3)18-17(21)11-19-8-6-16(20)7-9-19/h4-5,10,14,16,20H,6-9,11H2,1-3H3,(H,18,21)/t14-/m1/s1. The van der Waals surface area contributed by atoms with Crippen molar-refractivity contribution in [2.75, 3.05) is 19.6 Å². The molecule has 0 radical (unpaired) electrons. The molecule has 0 spiro atoms. The third-order valence-electron chi connectivity index (χ3n) is 4.33. The van der Waals surface area contributed by atoms with Crippen molar-refractivity contribution in [1.82, 2.24) is 10.2 Å². The molecule has 0 unspecified atom stereocenters. The summed E-state index contributed by atoms with van der Waals surface area (Å²) in [5.41, 5.74) is 3.66. The van der Waals surface area contributed by atoms with Crippen molar-refractivity contribution in [3.63, 3.8) is 0 Å². The predicted molar refractivity (Wildman–Crippen MR) is 84.2 cm³/mol. The van der Waals surface area contributed by atoms with Crippen LogP contribution in [0.3, 0.4) is 0 Å². The zero-order chi connectivity index (χ0) is 15.4. The normalized spacial score (nSPS) is 18.5. The summed E-state index contributed by atoms with van der Waals surface area (Å²) in [6.07, 6.45) is 1.33. The lowest BCUT2D eigenvalue weighted by atomic mass is 10.0. The molecule has 1 amide bonds. The number of carbonyl (C=O) groups excluding carboxylic acids is 1. The Hall–Kier alpha value is -1.39. The first-order chi connectivity index (χ1) is 9.95. The Kier molecular flexibility index (Phi) is 5.37. The molecule has 0 bridgehead atoms. The fraction of sp³-hybridized carbons (Fsp3) is 0.588. The van der Waals surface area contributed by atoms with Gasteiger partial charge in [0.25, 0.3) is 0 Å². The summed E-state index contributed by atoms with van der Waals surface area (Å²) in [5, 5.41) is 12.5. The van der Waals surface area contributed by atoms with E-state index in [4.69, 9.17) is 0 Å². The predicted octanol–water partition coefficient (Wildman–Crippen LogP) is 1.94. The van der Waals surface area contributed by atoms with Crippen molar-refractivity contribution in [2.24, 2.45) is 0 Å². The summed E-state index contributed by atoms with van der Waals surface area (Å²) in [6.45, 7) is 8.21. The summed E-state index contributed by atoms with van der Waals surface area (Å²) < 4.78 is 0. The highest BCUT2D eigenvalue weighted by atomic mass is 16.3. The van der Waals surface area contributed by atoms with Gasteiger partial charge in [0.05, 0.1) is 18.7 Å². The van der Waals surface area contributed by atoms with Crippen LogP contribution < -0.4 is 5.32 Å². The summed E-state index contributed by atoms with van der Waals surface area (Å²) in [4.78, 5) is 14.2. The van der Waals surface area contributed by atoms with Crippen LogP contribution in [0, 0.1) is 13.8 Å². The maximum atomic E-state index is 12.1. The van der Waals surface area contributed by atoms with Crippen LogP contribution in [-0.2, 0) is 4.79 Å². The van der Waals surface area contributed by atoms with Gasteiger partial charge in [0.1, 0.15) is 0 Å². The van der Waals surface area contributed by atoms with Crippen LogP contribution in [0.2, 0.25) is 0 Å². The number of aryl methyl sites for hydroxylation is 2. The number of carbonyl (C=O) groups is 1. The van der Waals surface area contributed by atoms with Crippen LogP contribution in [0.25, 0.3) is 0 Å². The van der Waals surface area contributed by atoms with Gasteiger partial charge in [-0.2, -0.15) is 0 Å². The molecule has 4 nitrogen and oxygen atoms in total. The van der Waals surface area contributed by atoms with E-state index in [2.05, 4.69) is 42.3 Å². The average molecular weight is 290 g/mol. The first kappa shape index (κ1) is 16.0. The molecule has 0 aromatic heterocycles. The molecule has 1 saturated heterocycles. The summed E-state index contributed by atoms with van der Waals surface area (Å²) >= 11 is 0. The lowest BCUT2D eigenvalue weighted by Crippen LogP contribution is -2.43. The van der Waals surface area contributed by atoms with Gasteiger partial charge in [-0.15, -0.1) is 0 Å². The first-order valence-electron chi connectivity index (χ1n) is 7.72. The highest BCUT2D eigenvalue weighted by Crippen LogP contribution is 2.17. The fourth-order valence-electron chi connectivity index (χ4n) is 2.68. The van der Waals surface area contributed by atoms with Gasteiger partial charge in [0.15, 0.2) is 0 Å². The van der Waals surface area contributed by atoms with Gasteiger partial charge in [-0.05, 0) is 50.3 Å². The van der Waals surface area contributed by atoms with Crippen LogP contribution in [-0.4, -0.2) is 41.7 Å². The second-order valence-electron chi connectivity index (χ2n) is 6.14. The highest BCUT2D eigenvalue weighted by molar-refractivity contribution is 5.78. The average Bonchev–Trinajstić information content (AvgIpc) is 2.44. The quantitative estimate of drug-likeness (QED) is 0.891. The van der Waals surface area contributed by atoms with Crippen LogP contribution >= 0.6 is 0 Å². The molecule has 21 heavy (non-hydrogen) atoms. The number of nitrogens with one attached hydrogen (secondary N) is 1. The minimum atomic E-state index is -0.196. The van der Waals surface area contributed by atoms with E-state index in [9.17, 15) is 9.90 Å². The van der Waals surface area contributed by atoms with Crippen LogP contribution in [0.1, 0.15) is 42.5 Å². The number of aliphatic hydroxyl groups is 1. The van der Waals surface area contributed by atoms with E-state index in [1.54, 1.807) is 0 Å². The Bertz CT molecular complexity index is 494. The zero-order valence-electron chi connectivity index (χ0n) is 13.2. The van der Waals surface area contributed by atoms with Crippen LogP contribution in [0.15, 0.2) is 18.2 Å². The molecule has 1 aromatic carbocycles. The smallest absolute Gasteiger partial charge is 0.234 e. The third-order valence-corrected chi connectivity index (χ3v) is 4.33. The fourth-order valence-corrected chi connectivity index (χ4v) is 2.68. The maximum absolute atomic E-state index is 12.1. The molecule has 4 heteroatoms. The Balaban J connectivity index is 1.85. The summed E-state index contributed by atoms with van der Waals surface area (Å²) in [5.74, 6) is 0.0529. The Morgan fingerprint density at radius 3 is 2.62 bits per heavy atom. The number of piperidine rings is 1. The molecular weight excluding hydrogens is 264 g/mol. The van der Waals surface area contributed by atoms with E-state index in [0.29, 0.717) is 6.54 Å². The number of hydrogen-bond acceptors (Lipinski definition) is 3. The summed E-state index contributed by atoms with van der Waals surface area (Å²) in [7, 11) is 0. The molecule has 116 valence electrons. The molecule has 2 N–H and O–H groups in total. The van der Waals surface area contributed by atoms with Gasteiger partial charge in [-0.3, -0.25) is 9.69 Å². The molecule has 1 aliphatic heterocycles. The van der Waals surface area contributed by atoms with Crippen molar-refractivity contribution in [1.29, 1.82) is 0 Å².